The molecule has 5 nitrogen and oxygen atoms in total. The maximum Gasteiger partial charge on any atom is 0.175 e. The summed E-state index contributed by atoms with van der Waals surface area (Å²) in [5.41, 5.74) is 0.694. The van der Waals surface area contributed by atoms with Gasteiger partial charge in [-0.25, -0.2) is 8.42 Å². The van der Waals surface area contributed by atoms with Gasteiger partial charge in [-0.2, -0.15) is 0 Å². The van der Waals surface area contributed by atoms with E-state index in [2.05, 4.69) is 5.32 Å². The second-order valence-electron chi connectivity index (χ2n) is 3.51. The predicted octanol–water partition coefficient (Wildman–Crippen LogP) is -0.145. The standard InChI is InChI=1S/C10H15NO4S/c1-16(14,15)10-4-2-8(3-5-10)11-6-9(13)7-12/h2-5,9,11-13H,6-7H2,1H3/t9-/m0/s1. The van der Waals surface area contributed by atoms with Crippen molar-refractivity contribution in [1.29, 1.82) is 0 Å². The molecular weight excluding hydrogens is 230 g/mol. The van der Waals surface area contributed by atoms with Crippen LogP contribution in [0.2, 0.25) is 0 Å². The summed E-state index contributed by atoms with van der Waals surface area (Å²) in [6, 6.07) is 6.20. The van der Waals surface area contributed by atoms with E-state index >= 15 is 0 Å². The van der Waals surface area contributed by atoms with Gasteiger partial charge in [0.15, 0.2) is 9.84 Å². The Morgan fingerprint density at radius 2 is 1.88 bits per heavy atom. The van der Waals surface area contributed by atoms with E-state index in [9.17, 15) is 8.42 Å². The quantitative estimate of drug-likeness (QED) is 0.672. The normalized spacial score (nSPS) is 13.4. The SMILES string of the molecule is CS(=O)(=O)c1ccc(NC[C@H](O)CO)cc1. The van der Waals surface area contributed by atoms with Gasteiger partial charge in [0.1, 0.15) is 0 Å². The number of rotatable bonds is 5. The Balaban J connectivity index is 2.66. The zero-order valence-electron chi connectivity index (χ0n) is 8.92. The molecule has 0 heterocycles. The molecule has 1 rings (SSSR count). The van der Waals surface area contributed by atoms with E-state index in [4.69, 9.17) is 10.2 Å². The molecule has 0 aliphatic rings. The summed E-state index contributed by atoms with van der Waals surface area (Å²) in [5, 5.41) is 20.6. The van der Waals surface area contributed by atoms with Gasteiger partial charge < -0.3 is 15.5 Å². The van der Waals surface area contributed by atoms with Crippen LogP contribution in [0.5, 0.6) is 0 Å². The summed E-state index contributed by atoms with van der Waals surface area (Å²) >= 11 is 0. The number of sulfone groups is 1. The molecule has 1 aromatic rings. The lowest BCUT2D eigenvalue weighted by Crippen LogP contribution is -2.22. The average molecular weight is 245 g/mol. The molecule has 6 heteroatoms. The summed E-state index contributed by atoms with van der Waals surface area (Å²) in [6.07, 6.45) is 0.319. The van der Waals surface area contributed by atoms with Gasteiger partial charge in [0.25, 0.3) is 0 Å². The molecule has 1 atom stereocenters. The third-order valence-electron chi connectivity index (χ3n) is 2.04. The Labute approximate surface area is 94.7 Å². The number of hydrogen-bond acceptors (Lipinski definition) is 5. The minimum atomic E-state index is -3.17. The van der Waals surface area contributed by atoms with Crippen molar-refractivity contribution in [2.75, 3.05) is 24.7 Å². The molecule has 0 aromatic heterocycles. The lowest BCUT2D eigenvalue weighted by atomic mass is 10.3. The van der Waals surface area contributed by atoms with E-state index in [0.29, 0.717) is 5.69 Å². The van der Waals surface area contributed by atoms with Crippen LogP contribution in [0.15, 0.2) is 29.2 Å². The minimum absolute atomic E-state index is 0.217. The first-order chi connectivity index (χ1) is 7.43. The third kappa shape index (κ3) is 3.80. The fourth-order valence-corrected chi connectivity index (χ4v) is 1.75. The van der Waals surface area contributed by atoms with E-state index in [1.165, 1.54) is 12.1 Å². The Hall–Kier alpha value is -1.11. The Kier molecular flexibility index (Phi) is 4.28. The molecule has 0 aliphatic carbocycles. The van der Waals surface area contributed by atoms with Crippen molar-refractivity contribution in [3.8, 4) is 0 Å². The van der Waals surface area contributed by atoms with Crippen molar-refractivity contribution >= 4 is 15.5 Å². The van der Waals surface area contributed by atoms with Crippen molar-refractivity contribution in [2.45, 2.75) is 11.0 Å². The van der Waals surface area contributed by atoms with Crippen LogP contribution in [0.25, 0.3) is 0 Å². The molecule has 0 unspecified atom stereocenters. The van der Waals surface area contributed by atoms with Crippen LogP contribution in [-0.2, 0) is 9.84 Å². The van der Waals surface area contributed by atoms with E-state index in [0.717, 1.165) is 6.26 Å². The lowest BCUT2D eigenvalue weighted by Gasteiger charge is -2.10. The number of aliphatic hydroxyl groups is 2. The highest BCUT2D eigenvalue weighted by Crippen LogP contribution is 2.13. The molecular formula is C10H15NO4S. The van der Waals surface area contributed by atoms with Crippen LogP contribution in [-0.4, -0.2) is 44.1 Å². The number of hydrogen-bond donors (Lipinski definition) is 3. The third-order valence-corrected chi connectivity index (χ3v) is 3.16. The molecule has 0 aliphatic heterocycles. The van der Waals surface area contributed by atoms with Crippen LogP contribution in [0.3, 0.4) is 0 Å². The summed E-state index contributed by atoms with van der Waals surface area (Å²) in [6.45, 7) is -0.0941. The maximum absolute atomic E-state index is 11.2. The predicted molar refractivity (Wildman–Crippen MR) is 61.1 cm³/mol. The first-order valence-electron chi connectivity index (χ1n) is 4.76. The fraction of sp³-hybridized carbons (Fsp3) is 0.400. The van der Waals surface area contributed by atoms with Crippen LogP contribution >= 0.6 is 0 Å². The highest BCUT2D eigenvalue weighted by molar-refractivity contribution is 7.90. The topological polar surface area (TPSA) is 86.6 Å². The molecule has 0 fully saturated rings. The largest absolute Gasteiger partial charge is 0.394 e. The molecule has 0 amide bonds. The highest BCUT2D eigenvalue weighted by atomic mass is 32.2. The van der Waals surface area contributed by atoms with E-state index in [-0.39, 0.29) is 18.0 Å². The van der Waals surface area contributed by atoms with E-state index < -0.39 is 15.9 Å². The van der Waals surface area contributed by atoms with E-state index in [1.807, 2.05) is 0 Å². The summed E-state index contributed by atoms with van der Waals surface area (Å²) in [5.74, 6) is 0. The summed E-state index contributed by atoms with van der Waals surface area (Å²) in [7, 11) is -3.17. The monoisotopic (exact) mass is 245 g/mol. The number of benzene rings is 1. The van der Waals surface area contributed by atoms with Crippen molar-refractivity contribution in [2.24, 2.45) is 0 Å². The van der Waals surface area contributed by atoms with Crippen LogP contribution in [0.1, 0.15) is 0 Å². The fourth-order valence-electron chi connectivity index (χ4n) is 1.12. The van der Waals surface area contributed by atoms with Crippen LogP contribution < -0.4 is 5.32 Å². The smallest absolute Gasteiger partial charge is 0.175 e. The summed E-state index contributed by atoms with van der Waals surface area (Å²) < 4.78 is 22.3. The second kappa shape index (κ2) is 5.29. The van der Waals surface area contributed by atoms with E-state index in [1.54, 1.807) is 12.1 Å². The van der Waals surface area contributed by atoms with Gasteiger partial charge in [-0.1, -0.05) is 0 Å². The molecule has 16 heavy (non-hydrogen) atoms. The van der Waals surface area contributed by atoms with Crippen molar-refractivity contribution in [1.82, 2.24) is 0 Å². The number of anilines is 1. The molecule has 0 bridgehead atoms. The highest BCUT2D eigenvalue weighted by Gasteiger charge is 2.06. The van der Waals surface area contributed by atoms with Gasteiger partial charge in [0.05, 0.1) is 17.6 Å². The van der Waals surface area contributed by atoms with Gasteiger partial charge in [-0.15, -0.1) is 0 Å². The second-order valence-corrected chi connectivity index (χ2v) is 5.53. The zero-order chi connectivity index (χ0) is 12.2. The number of aliphatic hydroxyl groups excluding tert-OH is 2. The van der Waals surface area contributed by atoms with Crippen molar-refractivity contribution < 1.29 is 18.6 Å². The van der Waals surface area contributed by atoms with Gasteiger partial charge in [-0.05, 0) is 24.3 Å². The van der Waals surface area contributed by atoms with Gasteiger partial charge in [-0.3, -0.25) is 0 Å². The Bertz CT molecular complexity index is 427. The first-order valence-corrected chi connectivity index (χ1v) is 6.65. The molecule has 0 spiro atoms. The number of nitrogens with one attached hydrogen (secondary N) is 1. The Morgan fingerprint density at radius 3 is 2.31 bits per heavy atom. The van der Waals surface area contributed by atoms with Gasteiger partial charge in [0, 0.05) is 18.5 Å². The van der Waals surface area contributed by atoms with Crippen LogP contribution in [0.4, 0.5) is 5.69 Å². The molecule has 0 radical (unpaired) electrons. The molecule has 0 saturated carbocycles. The zero-order valence-corrected chi connectivity index (χ0v) is 9.74. The average Bonchev–Trinajstić information content (AvgIpc) is 2.25. The first kappa shape index (κ1) is 13.0. The van der Waals surface area contributed by atoms with Gasteiger partial charge in [0.2, 0.25) is 0 Å². The molecule has 1 aromatic carbocycles. The minimum Gasteiger partial charge on any atom is -0.394 e. The molecule has 90 valence electrons. The molecule has 3 N–H and O–H groups in total. The lowest BCUT2D eigenvalue weighted by molar-refractivity contribution is 0.105. The maximum atomic E-state index is 11.2. The van der Waals surface area contributed by atoms with Crippen LogP contribution in [0, 0.1) is 0 Å². The van der Waals surface area contributed by atoms with Crippen molar-refractivity contribution in [3.05, 3.63) is 24.3 Å². The van der Waals surface area contributed by atoms with Gasteiger partial charge >= 0.3 is 0 Å². The Morgan fingerprint density at radius 1 is 1.31 bits per heavy atom. The molecule has 0 saturated heterocycles. The van der Waals surface area contributed by atoms with Crippen molar-refractivity contribution in [3.63, 3.8) is 0 Å². The summed E-state index contributed by atoms with van der Waals surface area (Å²) in [4.78, 5) is 0.251.